The van der Waals surface area contributed by atoms with Crippen LogP contribution in [0.25, 0.3) is 0 Å². The summed E-state index contributed by atoms with van der Waals surface area (Å²) in [6, 6.07) is 0. The highest BCUT2D eigenvalue weighted by atomic mass is 127. The fourth-order valence-electron chi connectivity index (χ4n) is 0.526. The first-order valence-electron chi connectivity index (χ1n) is 3.05. The monoisotopic (exact) mass is 250 g/mol. The summed E-state index contributed by atoms with van der Waals surface area (Å²) in [5.41, 5.74) is 0.949. The molecule has 0 rings (SSSR count). The van der Waals surface area contributed by atoms with Crippen LogP contribution in [0.15, 0.2) is 16.8 Å². The molecule has 0 aromatic carbocycles. The molecule has 0 saturated heterocycles. The van der Waals surface area contributed by atoms with Crippen molar-refractivity contribution in [3.8, 4) is 0 Å². The highest BCUT2D eigenvalue weighted by molar-refractivity contribution is 14.1. The Morgan fingerprint density at radius 2 is 2.20 bits per heavy atom. The van der Waals surface area contributed by atoms with Crippen LogP contribution in [-0.4, -0.2) is 10.4 Å². The third kappa shape index (κ3) is 3.76. The molecule has 10 heavy (non-hydrogen) atoms. The summed E-state index contributed by atoms with van der Waals surface area (Å²) in [6.07, 6.45) is 2.97. The molecule has 56 valence electrons. The van der Waals surface area contributed by atoms with E-state index in [0.717, 1.165) is 5.70 Å². The van der Waals surface area contributed by atoms with Gasteiger partial charge in [0.15, 0.2) is 0 Å². The SMILES string of the molecule is CC(C)/C(=C/C=N)N=CI. The summed E-state index contributed by atoms with van der Waals surface area (Å²) in [6.45, 7) is 4.11. The van der Waals surface area contributed by atoms with E-state index < -0.39 is 0 Å². The van der Waals surface area contributed by atoms with Crippen LogP contribution in [0.1, 0.15) is 13.8 Å². The van der Waals surface area contributed by atoms with Crippen LogP contribution in [0, 0.1) is 11.3 Å². The molecule has 2 nitrogen and oxygen atoms in total. The molecule has 0 aliphatic carbocycles. The topological polar surface area (TPSA) is 36.2 Å². The van der Waals surface area contributed by atoms with Gasteiger partial charge in [0.05, 0.1) is 4.22 Å². The van der Waals surface area contributed by atoms with Crippen LogP contribution in [0.2, 0.25) is 0 Å². The van der Waals surface area contributed by atoms with Gasteiger partial charge >= 0.3 is 0 Å². The van der Waals surface area contributed by atoms with Gasteiger partial charge < -0.3 is 5.41 Å². The second-order valence-electron chi connectivity index (χ2n) is 2.14. The van der Waals surface area contributed by atoms with E-state index in [2.05, 4.69) is 41.4 Å². The Balaban J connectivity index is 4.25. The van der Waals surface area contributed by atoms with Crippen LogP contribution in [0.5, 0.6) is 0 Å². The number of rotatable bonds is 3. The molecule has 0 radical (unpaired) electrons. The maximum Gasteiger partial charge on any atom is 0.0654 e. The van der Waals surface area contributed by atoms with Gasteiger partial charge in [-0.05, 0) is 34.6 Å². The molecule has 1 N–H and O–H groups in total. The van der Waals surface area contributed by atoms with E-state index in [-0.39, 0.29) is 0 Å². The number of allylic oxidation sites excluding steroid dienone is 2. The van der Waals surface area contributed by atoms with E-state index >= 15 is 0 Å². The van der Waals surface area contributed by atoms with E-state index in [1.165, 1.54) is 6.21 Å². The summed E-state index contributed by atoms with van der Waals surface area (Å²) in [7, 11) is 0. The summed E-state index contributed by atoms with van der Waals surface area (Å²) >= 11 is 2.07. The van der Waals surface area contributed by atoms with Crippen molar-refractivity contribution in [2.45, 2.75) is 13.8 Å². The lowest BCUT2D eigenvalue weighted by Gasteiger charge is -2.01. The first-order chi connectivity index (χ1) is 4.72. The smallest absolute Gasteiger partial charge is 0.0654 e. The molecular weight excluding hydrogens is 239 g/mol. The quantitative estimate of drug-likeness (QED) is 0.590. The van der Waals surface area contributed by atoms with Crippen molar-refractivity contribution in [2.24, 2.45) is 10.9 Å². The molecule has 0 heterocycles. The minimum absolute atomic E-state index is 0.396. The molecule has 0 spiro atoms. The fraction of sp³-hybridized carbons (Fsp3) is 0.429. The Morgan fingerprint density at radius 1 is 1.60 bits per heavy atom. The van der Waals surface area contributed by atoms with Gasteiger partial charge in [0.1, 0.15) is 0 Å². The molecule has 0 aliphatic heterocycles. The lowest BCUT2D eigenvalue weighted by Crippen LogP contribution is -1.90. The van der Waals surface area contributed by atoms with Crippen LogP contribution < -0.4 is 0 Å². The van der Waals surface area contributed by atoms with Gasteiger partial charge in [-0.2, -0.15) is 0 Å². The van der Waals surface area contributed by atoms with Crippen molar-refractivity contribution in [1.82, 2.24) is 0 Å². The van der Waals surface area contributed by atoms with Gasteiger partial charge in [0.25, 0.3) is 0 Å². The number of nitrogens with one attached hydrogen (secondary N) is 1. The van der Waals surface area contributed by atoms with Crippen molar-refractivity contribution in [3.05, 3.63) is 11.8 Å². The molecule has 3 heteroatoms. The third-order valence-electron chi connectivity index (χ3n) is 1.04. The molecule has 0 unspecified atom stereocenters. The third-order valence-corrected chi connectivity index (χ3v) is 1.32. The average Bonchev–Trinajstić information content (AvgIpc) is 1.87. The second kappa shape index (κ2) is 5.58. The average molecular weight is 250 g/mol. The molecule has 0 bridgehead atoms. The first kappa shape index (κ1) is 9.81. The lowest BCUT2D eigenvalue weighted by atomic mass is 10.1. The molecule has 0 aromatic rings. The summed E-state index contributed by atoms with van der Waals surface area (Å²) in [5.74, 6) is 0.396. The summed E-state index contributed by atoms with van der Waals surface area (Å²) < 4.78 is 1.72. The number of halogens is 1. The zero-order valence-electron chi connectivity index (χ0n) is 6.13. The van der Waals surface area contributed by atoms with Crippen molar-refractivity contribution in [2.75, 3.05) is 0 Å². The number of nitrogens with zero attached hydrogens (tertiary/aromatic N) is 1. The van der Waals surface area contributed by atoms with Crippen molar-refractivity contribution >= 4 is 33.0 Å². The molecule has 0 aliphatic rings. The number of aliphatic imine (C=N–C) groups is 1. The van der Waals surface area contributed by atoms with Gasteiger partial charge in [-0.15, -0.1) is 0 Å². The summed E-state index contributed by atoms with van der Waals surface area (Å²) in [5, 5.41) is 6.83. The molecule has 0 fully saturated rings. The fourth-order valence-corrected chi connectivity index (χ4v) is 0.848. The predicted molar refractivity (Wildman–Crippen MR) is 54.2 cm³/mol. The van der Waals surface area contributed by atoms with Crippen LogP contribution >= 0.6 is 22.6 Å². The van der Waals surface area contributed by atoms with Crippen LogP contribution in [0.3, 0.4) is 0 Å². The Kier molecular flexibility index (Phi) is 5.48. The molecular formula is C7H11IN2. The van der Waals surface area contributed by atoms with Crippen LogP contribution in [0.4, 0.5) is 0 Å². The van der Waals surface area contributed by atoms with Crippen LogP contribution in [-0.2, 0) is 0 Å². The van der Waals surface area contributed by atoms with E-state index in [1.807, 2.05) is 0 Å². The van der Waals surface area contributed by atoms with E-state index in [1.54, 1.807) is 10.3 Å². The largest absolute Gasteiger partial charge is 0.309 e. The summed E-state index contributed by atoms with van der Waals surface area (Å²) in [4.78, 5) is 4.08. The van der Waals surface area contributed by atoms with E-state index in [0.29, 0.717) is 5.92 Å². The molecule has 0 aromatic heterocycles. The lowest BCUT2D eigenvalue weighted by molar-refractivity contribution is 0.761. The van der Waals surface area contributed by atoms with Gasteiger partial charge in [-0.1, -0.05) is 13.8 Å². The van der Waals surface area contributed by atoms with Crippen molar-refractivity contribution < 1.29 is 0 Å². The first-order valence-corrected chi connectivity index (χ1v) is 4.30. The van der Waals surface area contributed by atoms with Crippen molar-refractivity contribution in [3.63, 3.8) is 0 Å². The maximum atomic E-state index is 6.83. The molecule has 0 amide bonds. The normalized spacial score (nSPS) is 13.0. The zero-order chi connectivity index (χ0) is 7.98. The predicted octanol–water partition coefficient (Wildman–Crippen LogP) is 2.64. The standard InChI is InChI=1S/C7H11IN2/c1-6(2)7(3-4-9)10-5-8/h3-6,9H,1-2H3/b7-3-,9-4?,10-5?. The Hall–Kier alpha value is -0.190. The number of hydrogen-bond acceptors (Lipinski definition) is 2. The Morgan fingerprint density at radius 3 is 2.50 bits per heavy atom. The van der Waals surface area contributed by atoms with Crippen molar-refractivity contribution in [1.29, 1.82) is 5.41 Å². The minimum atomic E-state index is 0.396. The van der Waals surface area contributed by atoms with Gasteiger partial charge in [-0.3, -0.25) is 4.99 Å². The Bertz CT molecular complexity index is 159. The number of hydrogen-bond donors (Lipinski definition) is 1. The Labute approximate surface area is 75.1 Å². The molecule has 0 saturated carbocycles. The van der Waals surface area contributed by atoms with Gasteiger partial charge in [0.2, 0.25) is 0 Å². The zero-order valence-corrected chi connectivity index (χ0v) is 8.29. The van der Waals surface area contributed by atoms with Gasteiger partial charge in [0, 0.05) is 11.9 Å². The highest BCUT2D eigenvalue weighted by Crippen LogP contribution is 2.09. The second-order valence-corrected chi connectivity index (χ2v) is 2.70. The van der Waals surface area contributed by atoms with E-state index in [4.69, 9.17) is 5.41 Å². The maximum absolute atomic E-state index is 6.83. The van der Waals surface area contributed by atoms with Gasteiger partial charge in [-0.25, -0.2) is 0 Å². The highest BCUT2D eigenvalue weighted by Gasteiger charge is 1.97. The van der Waals surface area contributed by atoms with E-state index in [9.17, 15) is 0 Å². The minimum Gasteiger partial charge on any atom is -0.309 e. The molecule has 0 atom stereocenters.